The summed E-state index contributed by atoms with van der Waals surface area (Å²) in [6, 6.07) is 13.0. The Morgan fingerprint density at radius 1 is 1.21 bits per heavy atom. The van der Waals surface area contributed by atoms with Crippen molar-refractivity contribution >= 4 is 23.1 Å². The number of thiophene rings is 1. The van der Waals surface area contributed by atoms with E-state index in [-0.39, 0.29) is 5.41 Å². The molecule has 5 heteroatoms. The van der Waals surface area contributed by atoms with Crippen LogP contribution in [0.4, 0.5) is 0 Å². The molecule has 3 aromatic rings. The molecule has 0 radical (unpaired) electrons. The molecule has 5 rings (SSSR count). The molecule has 142 valence electrons. The Hall–Kier alpha value is -2.66. The molecule has 4 nitrogen and oxygen atoms in total. The number of oxime groups is 1. The lowest BCUT2D eigenvalue weighted by Gasteiger charge is -2.33. The highest BCUT2D eigenvalue weighted by Gasteiger charge is 2.38. The molecule has 1 aromatic carbocycles. The third-order valence-corrected chi connectivity index (χ3v) is 6.81. The fraction of sp³-hybridized carbons (Fsp3) is 0.304. The second-order valence-corrected chi connectivity index (χ2v) is 8.39. The van der Waals surface area contributed by atoms with Gasteiger partial charge in [-0.15, -0.1) is 0 Å². The van der Waals surface area contributed by atoms with Crippen molar-refractivity contribution in [1.29, 1.82) is 0 Å². The van der Waals surface area contributed by atoms with E-state index in [1.165, 1.54) is 17.5 Å². The topological polar surface area (TPSA) is 50.3 Å². The van der Waals surface area contributed by atoms with Crippen LogP contribution in [0.5, 0.6) is 0 Å². The van der Waals surface area contributed by atoms with Crippen molar-refractivity contribution in [1.82, 2.24) is 10.2 Å². The summed E-state index contributed by atoms with van der Waals surface area (Å²) in [6.07, 6.45) is 9.01. The van der Waals surface area contributed by atoms with Gasteiger partial charge in [0, 0.05) is 29.0 Å². The molecule has 1 fully saturated rings. The smallest absolute Gasteiger partial charge is 0.117 e. The van der Waals surface area contributed by atoms with Crippen molar-refractivity contribution in [3.63, 3.8) is 0 Å². The largest absolute Gasteiger partial charge is 0.399 e. The van der Waals surface area contributed by atoms with Crippen LogP contribution in [0.15, 0.2) is 58.4 Å². The average Bonchev–Trinajstić information content (AvgIpc) is 3.36. The van der Waals surface area contributed by atoms with Crippen molar-refractivity contribution in [2.45, 2.75) is 31.1 Å². The quantitative estimate of drug-likeness (QED) is 0.483. The minimum absolute atomic E-state index is 0.174. The van der Waals surface area contributed by atoms with Crippen LogP contribution in [0.1, 0.15) is 47.3 Å². The van der Waals surface area contributed by atoms with Crippen LogP contribution < -0.4 is 0 Å². The van der Waals surface area contributed by atoms with Gasteiger partial charge in [-0.2, -0.15) is 16.4 Å². The molecule has 0 amide bonds. The highest BCUT2D eigenvalue weighted by Crippen LogP contribution is 2.43. The van der Waals surface area contributed by atoms with Gasteiger partial charge in [-0.3, -0.25) is 5.10 Å². The Morgan fingerprint density at radius 3 is 2.75 bits per heavy atom. The summed E-state index contributed by atoms with van der Waals surface area (Å²) in [4.78, 5) is 5.16. The van der Waals surface area contributed by atoms with Crippen LogP contribution in [0.3, 0.4) is 0 Å². The van der Waals surface area contributed by atoms with Crippen LogP contribution >= 0.6 is 11.3 Å². The Labute approximate surface area is 168 Å². The highest BCUT2D eigenvalue weighted by atomic mass is 32.1. The molecule has 2 heterocycles. The lowest BCUT2D eigenvalue weighted by molar-refractivity contribution is 0.208. The summed E-state index contributed by atoms with van der Waals surface area (Å²) >= 11 is 1.74. The van der Waals surface area contributed by atoms with Crippen LogP contribution in [0, 0.1) is 5.92 Å². The van der Waals surface area contributed by atoms with E-state index >= 15 is 0 Å². The van der Waals surface area contributed by atoms with Gasteiger partial charge >= 0.3 is 0 Å². The first-order chi connectivity index (χ1) is 13.8. The Balaban J connectivity index is 1.59. The normalized spacial score (nSPS) is 22.0. The van der Waals surface area contributed by atoms with E-state index in [4.69, 9.17) is 4.84 Å². The summed E-state index contributed by atoms with van der Waals surface area (Å²) < 4.78 is 0. The molecule has 0 spiro atoms. The zero-order valence-corrected chi connectivity index (χ0v) is 16.7. The molecule has 0 aliphatic heterocycles. The average molecular weight is 390 g/mol. The van der Waals surface area contributed by atoms with Crippen molar-refractivity contribution in [2.24, 2.45) is 11.1 Å². The number of nitrogens with one attached hydrogen (secondary N) is 1. The summed E-state index contributed by atoms with van der Waals surface area (Å²) in [6.45, 7) is 0. The molecular weight excluding hydrogens is 366 g/mol. The molecule has 1 N–H and O–H groups in total. The number of hydrogen-bond acceptors (Lipinski definition) is 4. The zero-order chi connectivity index (χ0) is 19.0. The third-order valence-electron chi connectivity index (χ3n) is 6.12. The lowest BCUT2D eigenvalue weighted by atomic mass is 9.69. The Kier molecular flexibility index (Phi) is 4.40. The van der Waals surface area contributed by atoms with Gasteiger partial charge in [0.2, 0.25) is 0 Å². The van der Waals surface area contributed by atoms with Crippen LogP contribution in [0.25, 0.3) is 6.08 Å². The van der Waals surface area contributed by atoms with E-state index in [1.807, 2.05) is 0 Å². The van der Waals surface area contributed by atoms with Gasteiger partial charge in [-0.25, -0.2) is 0 Å². The molecule has 28 heavy (non-hydrogen) atoms. The van der Waals surface area contributed by atoms with Gasteiger partial charge in [-0.05, 0) is 40.8 Å². The SMILES string of the molecule is CO/N=C(/c1n[nH]c2c1C=CC(c1ccccc1)(c1ccsc1)C2)C1CCC1. The second-order valence-electron chi connectivity index (χ2n) is 7.61. The lowest BCUT2D eigenvalue weighted by Crippen LogP contribution is -2.30. The van der Waals surface area contributed by atoms with E-state index in [9.17, 15) is 0 Å². The fourth-order valence-electron chi connectivity index (χ4n) is 4.37. The fourth-order valence-corrected chi connectivity index (χ4v) is 5.11. The Morgan fingerprint density at radius 2 is 2.07 bits per heavy atom. The predicted molar refractivity (Wildman–Crippen MR) is 114 cm³/mol. The first kappa shape index (κ1) is 17.4. The number of H-pyrrole nitrogens is 1. The summed E-state index contributed by atoms with van der Waals surface area (Å²) in [5.41, 5.74) is 6.71. The zero-order valence-electron chi connectivity index (χ0n) is 15.9. The summed E-state index contributed by atoms with van der Waals surface area (Å²) in [5, 5.41) is 16.7. The van der Waals surface area contributed by atoms with Crippen LogP contribution in [0.2, 0.25) is 0 Å². The van der Waals surface area contributed by atoms with Crippen LogP contribution in [-0.2, 0) is 16.7 Å². The number of nitrogens with zero attached hydrogens (tertiary/aromatic N) is 2. The van der Waals surface area contributed by atoms with E-state index in [0.717, 1.165) is 41.9 Å². The molecule has 0 bridgehead atoms. The minimum Gasteiger partial charge on any atom is -0.399 e. The number of rotatable bonds is 5. The standard InChI is InChI=1S/C23H23N3OS/c1-27-26-21(16-6-5-7-16)22-19-10-12-23(14-20(19)24-25-22,18-11-13-28-15-18)17-8-3-2-4-9-17/h2-4,8-13,15-16H,5-7,14H2,1H3,(H,24,25)/b26-21+. The van der Waals surface area contributed by atoms with E-state index in [1.54, 1.807) is 18.4 Å². The maximum atomic E-state index is 5.16. The third kappa shape index (κ3) is 2.73. The minimum atomic E-state index is -0.174. The molecular formula is C23H23N3OS. The monoisotopic (exact) mass is 389 g/mol. The molecule has 2 aliphatic rings. The maximum Gasteiger partial charge on any atom is 0.117 e. The van der Waals surface area contributed by atoms with E-state index in [2.05, 4.69) is 74.7 Å². The predicted octanol–water partition coefficient (Wildman–Crippen LogP) is 5.18. The van der Waals surface area contributed by atoms with Crippen LogP contribution in [-0.4, -0.2) is 23.0 Å². The van der Waals surface area contributed by atoms with Crippen molar-refractivity contribution in [2.75, 3.05) is 7.11 Å². The van der Waals surface area contributed by atoms with Gasteiger partial charge < -0.3 is 4.84 Å². The van der Waals surface area contributed by atoms with Crippen molar-refractivity contribution < 1.29 is 4.84 Å². The number of aromatic nitrogens is 2. The van der Waals surface area contributed by atoms with Gasteiger partial charge in [0.1, 0.15) is 18.5 Å². The number of hydrogen-bond donors (Lipinski definition) is 1. The molecule has 1 atom stereocenters. The first-order valence-corrected chi connectivity index (χ1v) is 10.7. The number of benzene rings is 1. The van der Waals surface area contributed by atoms with Gasteiger partial charge in [-0.1, -0.05) is 54.1 Å². The number of allylic oxidation sites excluding steroid dienone is 1. The second kappa shape index (κ2) is 7.06. The number of fused-ring (bicyclic) bond motifs is 1. The maximum absolute atomic E-state index is 5.16. The number of aromatic amines is 1. The van der Waals surface area contributed by atoms with Crippen molar-refractivity contribution in [3.05, 3.63) is 81.3 Å². The summed E-state index contributed by atoms with van der Waals surface area (Å²) in [7, 11) is 1.62. The van der Waals surface area contributed by atoms with E-state index < -0.39 is 0 Å². The van der Waals surface area contributed by atoms with E-state index in [0.29, 0.717) is 5.92 Å². The molecule has 1 saturated carbocycles. The molecule has 1 unspecified atom stereocenters. The van der Waals surface area contributed by atoms with Gasteiger partial charge in [0.25, 0.3) is 0 Å². The molecule has 0 saturated heterocycles. The highest BCUT2D eigenvalue weighted by molar-refractivity contribution is 7.08. The Bertz CT molecular complexity index is 1020. The van der Waals surface area contributed by atoms with Gasteiger partial charge in [0.05, 0.1) is 0 Å². The molecule has 2 aromatic heterocycles. The molecule has 2 aliphatic carbocycles. The van der Waals surface area contributed by atoms with Crippen molar-refractivity contribution in [3.8, 4) is 0 Å². The van der Waals surface area contributed by atoms with Gasteiger partial charge in [0.15, 0.2) is 0 Å². The first-order valence-electron chi connectivity index (χ1n) is 9.78. The summed E-state index contributed by atoms with van der Waals surface area (Å²) in [5.74, 6) is 0.457.